The highest BCUT2D eigenvalue weighted by molar-refractivity contribution is 5.71. The van der Waals surface area contributed by atoms with Crippen LogP contribution in [0.15, 0.2) is 18.5 Å². The van der Waals surface area contributed by atoms with E-state index in [4.69, 9.17) is 4.74 Å². The van der Waals surface area contributed by atoms with Crippen molar-refractivity contribution in [3.63, 3.8) is 0 Å². The van der Waals surface area contributed by atoms with Gasteiger partial charge in [0.2, 0.25) is 0 Å². The summed E-state index contributed by atoms with van der Waals surface area (Å²) in [4.78, 5) is 15.2. The van der Waals surface area contributed by atoms with Gasteiger partial charge >= 0.3 is 5.97 Å². The number of carbonyl (C=O) groups excluding carboxylic acids is 1. The summed E-state index contributed by atoms with van der Waals surface area (Å²) in [6, 6.07) is 1.72. The molecule has 92 valence electrons. The van der Waals surface area contributed by atoms with Crippen molar-refractivity contribution in [2.24, 2.45) is 11.8 Å². The number of esters is 1. The molecule has 2 rings (SSSR count). The number of ether oxygens (including phenoxy) is 1. The molecule has 1 aromatic heterocycles. The van der Waals surface area contributed by atoms with E-state index in [2.05, 4.69) is 4.98 Å². The second-order valence-corrected chi connectivity index (χ2v) is 4.86. The molecule has 2 atom stereocenters. The van der Waals surface area contributed by atoms with Gasteiger partial charge < -0.3 is 9.84 Å². The lowest BCUT2D eigenvalue weighted by Gasteiger charge is -2.06. The third-order valence-electron chi connectivity index (χ3n) is 3.01. The van der Waals surface area contributed by atoms with Crippen LogP contribution in [0.3, 0.4) is 0 Å². The predicted molar refractivity (Wildman–Crippen MR) is 62.5 cm³/mol. The second-order valence-electron chi connectivity index (χ2n) is 4.86. The highest BCUT2D eigenvalue weighted by atomic mass is 16.5. The van der Waals surface area contributed by atoms with Crippen LogP contribution >= 0.6 is 0 Å². The Morgan fingerprint density at radius 2 is 2.35 bits per heavy atom. The van der Waals surface area contributed by atoms with Gasteiger partial charge in [0.1, 0.15) is 5.75 Å². The monoisotopic (exact) mass is 235 g/mol. The molecule has 17 heavy (non-hydrogen) atoms. The quantitative estimate of drug-likeness (QED) is 0.812. The first kappa shape index (κ1) is 11.9. The SMILES string of the molecule is CC(C)C(=O)OC[C@@H]1C[C@H]1c1cncc(O)c1. The van der Waals surface area contributed by atoms with Crippen LogP contribution < -0.4 is 0 Å². The first-order chi connectivity index (χ1) is 8.08. The van der Waals surface area contributed by atoms with Gasteiger partial charge in [-0.2, -0.15) is 0 Å². The molecule has 0 unspecified atom stereocenters. The standard InChI is InChI=1S/C13H17NO3/c1-8(2)13(16)17-7-10-4-12(10)9-3-11(15)6-14-5-9/h3,5-6,8,10,12,15H,4,7H2,1-2H3/t10-,12-/m0/s1. The van der Waals surface area contributed by atoms with Gasteiger partial charge in [0.05, 0.1) is 18.7 Å². The molecule has 1 fully saturated rings. The zero-order valence-corrected chi connectivity index (χ0v) is 10.1. The molecular formula is C13H17NO3. The number of aromatic nitrogens is 1. The van der Waals surface area contributed by atoms with Crippen molar-refractivity contribution in [1.82, 2.24) is 4.98 Å². The van der Waals surface area contributed by atoms with Crippen molar-refractivity contribution < 1.29 is 14.6 Å². The minimum atomic E-state index is -0.148. The molecule has 0 spiro atoms. The largest absolute Gasteiger partial charge is 0.506 e. The lowest BCUT2D eigenvalue weighted by molar-refractivity contribution is -0.147. The molecule has 1 saturated carbocycles. The Balaban J connectivity index is 1.83. The van der Waals surface area contributed by atoms with E-state index in [-0.39, 0.29) is 17.6 Å². The minimum absolute atomic E-state index is 0.0744. The summed E-state index contributed by atoms with van der Waals surface area (Å²) in [6.07, 6.45) is 4.17. The molecular weight excluding hydrogens is 218 g/mol. The maximum absolute atomic E-state index is 11.3. The molecule has 1 aliphatic rings. The Kier molecular flexibility index (Phi) is 3.31. The van der Waals surface area contributed by atoms with E-state index in [1.54, 1.807) is 12.3 Å². The molecule has 0 radical (unpaired) electrons. The third-order valence-corrected chi connectivity index (χ3v) is 3.01. The van der Waals surface area contributed by atoms with Gasteiger partial charge in [0, 0.05) is 12.1 Å². The zero-order valence-electron chi connectivity index (χ0n) is 10.1. The topological polar surface area (TPSA) is 59.4 Å². The van der Waals surface area contributed by atoms with Crippen LogP contribution in [0.2, 0.25) is 0 Å². The lowest BCUT2D eigenvalue weighted by Crippen LogP contribution is -2.13. The van der Waals surface area contributed by atoms with Crippen LogP contribution in [0.1, 0.15) is 31.7 Å². The van der Waals surface area contributed by atoms with Gasteiger partial charge in [0.25, 0.3) is 0 Å². The van der Waals surface area contributed by atoms with Crippen molar-refractivity contribution in [2.45, 2.75) is 26.2 Å². The van der Waals surface area contributed by atoms with Gasteiger partial charge in [-0.1, -0.05) is 13.8 Å². The van der Waals surface area contributed by atoms with Crippen molar-refractivity contribution in [1.29, 1.82) is 0 Å². The summed E-state index contributed by atoms with van der Waals surface area (Å²) in [5.74, 6) is 0.711. The number of aromatic hydroxyl groups is 1. The number of carbonyl (C=O) groups is 1. The average Bonchev–Trinajstić information content (AvgIpc) is 3.05. The van der Waals surface area contributed by atoms with E-state index >= 15 is 0 Å². The molecule has 0 aliphatic heterocycles. The molecule has 0 aromatic carbocycles. The van der Waals surface area contributed by atoms with E-state index in [1.165, 1.54) is 6.20 Å². The number of pyridine rings is 1. The zero-order chi connectivity index (χ0) is 12.4. The highest BCUT2D eigenvalue weighted by Gasteiger charge is 2.39. The number of hydrogen-bond donors (Lipinski definition) is 1. The third kappa shape index (κ3) is 2.96. The van der Waals surface area contributed by atoms with E-state index < -0.39 is 0 Å². The molecule has 4 nitrogen and oxygen atoms in total. The molecule has 4 heteroatoms. The van der Waals surface area contributed by atoms with Crippen LogP contribution in [0.4, 0.5) is 0 Å². The predicted octanol–water partition coefficient (Wildman–Crippen LogP) is 2.09. The van der Waals surface area contributed by atoms with E-state index in [9.17, 15) is 9.90 Å². The first-order valence-electron chi connectivity index (χ1n) is 5.88. The summed E-state index contributed by atoms with van der Waals surface area (Å²) in [5, 5.41) is 9.32. The molecule has 0 bridgehead atoms. The number of nitrogens with zero attached hydrogens (tertiary/aromatic N) is 1. The van der Waals surface area contributed by atoms with Gasteiger partial charge in [0.15, 0.2) is 0 Å². The maximum atomic E-state index is 11.3. The molecule has 1 N–H and O–H groups in total. The molecule has 1 aromatic rings. The summed E-state index contributed by atoms with van der Waals surface area (Å²) in [5.41, 5.74) is 1.02. The smallest absolute Gasteiger partial charge is 0.308 e. The summed E-state index contributed by atoms with van der Waals surface area (Å²) in [7, 11) is 0. The normalized spacial score (nSPS) is 22.5. The van der Waals surface area contributed by atoms with Gasteiger partial charge in [-0.05, 0) is 24.0 Å². The fourth-order valence-electron chi connectivity index (χ4n) is 1.84. The van der Waals surface area contributed by atoms with E-state index in [1.807, 2.05) is 13.8 Å². The molecule has 1 heterocycles. The van der Waals surface area contributed by atoms with Crippen molar-refractivity contribution in [3.05, 3.63) is 24.0 Å². The Hall–Kier alpha value is -1.58. The van der Waals surface area contributed by atoms with Crippen LogP contribution in [0, 0.1) is 11.8 Å². The molecule has 0 saturated heterocycles. The molecule has 1 aliphatic carbocycles. The summed E-state index contributed by atoms with van der Waals surface area (Å²) < 4.78 is 5.19. The second kappa shape index (κ2) is 4.73. The van der Waals surface area contributed by atoms with Crippen LogP contribution in [0.25, 0.3) is 0 Å². The highest BCUT2D eigenvalue weighted by Crippen LogP contribution is 2.47. The summed E-state index contributed by atoms with van der Waals surface area (Å²) in [6.45, 7) is 4.12. The molecule has 0 amide bonds. The van der Waals surface area contributed by atoms with Crippen LogP contribution in [0.5, 0.6) is 5.75 Å². The van der Waals surface area contributed by atoms with Crippen molar-refractivity contribution in [2.75, 3.05) is 6.61 Å². The van der Waals surface area contributed by atoms with Crippen molar-refractivity contribution >= 4 is 5.97 Å². The average molecular weight is 235 g/mol. The Labute approximate surface area is 101 Å². The minimum Gasteiger partial charge on any atom is -0.506 e. The number of rotatable bonds is 4. The van der Waals surface area contributed by atoms with Gasteiger partial charge in [-0.15, -0.1) is 0 Å². The van der Waals surface area contributed by atoms with Crippen LogP contribution in [-0.2, 0) is 9.53 Å². The lowest BCUT2D eigenvalue weighted by atomic mass is 10.1. The fourth-order valence-corrected chi connectivity index (χ4v) is 1.84. The van der Waals surface area contributed by atoms with Gasteiger partial charge in [-0.3, -0.25) is 9.78 Å². The Morgan fingerprint density at radius 3 is 3.00 bits per heavy atom. The maximum Gasteiger partial charge on any atom is 0.308 e. The van der Waals surface area contributed by atoms with Crippen LogP contribution in [-0.4, -0.2) is 22.7 Å². The van der Waals surface area contributed by atoms with E-state index in [0.717, 1.165) is 12.0 Å². The summed E-state index contributed by atoms with van der Waals surface area (Å²) >= 11 is 0. The van der Waals surface area contributed by atoms with E-state index in [0.29, 0.717) is 18.4 Å². The van der Waals surface area contributed by atoms with Gasteiger partial charge in [-0.25, -0.2) is 0 Å². The fraction of sp³-hybridized carbons (Fsp3) is 0.538. The number of hydrogen-bond acceptors (Lipinski definition) is 4. The Morgan fingerprint density at radius 1 is 1.59 bits per heavy atom. The first-order valence-corrected chi connectivity index (χ1v) is 5.88. The Bertz CT molecular complexity index is 417. The van der Waals surface area contributed by atoms with Crippen molar-refractivity contribution in [3.8, 4) is 5.75 Å².